The quantitative estimate of drug-likeness (QED) is 0.282. The SMILES string of the molecule is Cc1cc(C(=O)O)c2nc(-c3ccc(-c4ccc(Oc5ccccc5N)cc4)cc3)[nH]c2c1. The van der Waals surface area contributed by atoms with Crippen LogP contribution in [0, 0.1) is 6.92 Å². The van der Waals surface area contributed by atoms with Crippen LogP contribution in [0.4, 0.5) is 5.69 Å². The Labute approximate surface area is 190 Å². The van der Waals surface area contributed by atoms with E-state index in [4.69, 9.17) is 10.5 Å². The number of rotatable bonds is 5. The molecule has 6 heteroatoms. The summed E-state index contributed by atoms with van der Waals surface area (Å²) in [5.74, 6) is 0.982. The topological polar surface area (TPSA) is 101 Å². The number of para-hydroxylation sites is 2. The van der Waals surface area contributed by atoms with E-state index in [0.29, 0.717) is 34.0 Å². The molecule has 0 radical (unpaired) electrons. The monoisotopic (exact) mass is 435 g/mol. The Morgan fingerprint density at radius 1 is 0.909 bits per heavy atom. The lowest BCUT2D eigenvalue weighted by Gasteiger charge is -2.09. The van der Waals surface area contributed by atoms with Gasteiger partial charge in [0, 0.05) is 5.56 Å². The number of fused-ring (bicyclic) bond motifs is 1. The molecule has 0 saturated carbocycles. The Morgan fingerprint density at radius 3 is 2.21 bits per heavy atom. The number of H-pyrrole nitrogens is 1. The van der Waals surface area contributed by atoms with Crippen LogP contribution in [-0.2, 0) is 0 Å². The summed E-state index contributed by atoms with van der Waals surface area (Å²) in [6.07, 6.45) is 0. The Bertz CT molecular complexity index is 1470. The van der Waals surface area contributed by atoms with E-state index in [1.165, 1.54) is 0 Å². The van der Waals surface area contributed by atoms with Gasteiger partial charge in [-0.15, -0.1) is 0 Å². The van der Waals surface area contributed by atoms with E-state index >= 15 is 0 Å². The van der Waals surface area contributed by atoms with Gasteiger partial charge >= 0.3 is 5.97 Å². The van der Waals surface area contributed by atoms with Crippen molar-refractivity contribution in [2.45, 2.75) is 6.92 Å². The summed E-state index contributed by atoms with van der Waals surface area (Å²) in [5.41, 5.74) is 11.7. The molecule has 0 saturated heterocycles. The molecular weight excluding hydrogens is 414 g/mol. The van der Waals surface area contributed by atoms with E-state index in [1.807, 2.05) is 79.7 Å². The minimum absolute atomic E-state index is 0.198. The number of hydrogen-bond acceptors (Lipinski definition) is 4. The molecule has 6 nitrogen and oxygen atoms in total. The molecule has 0 amide bonds. The number of carboxylic acids is 1. The maximum atomic E-state index is 11.6. The number of aryl methyl sites for hydroxylation is 1. The summed E-state index contributed by atoms with van der Waals surface area (Å²) in [4.78, 5) is 19.4. The molecule has 0 spiro atoms. The summed E-state index contributed by atoms with van der Waals surface area (Å²) in [6.45, 7) is 1.87. The molecule has 33 heavy (non-hydrogen) atoms. The Balaban J connectivity index is 1.39. The first-order chi connectivity index (χ1) is 16.0. The number of imidazole rings is 1. The number of aromatic amines is 1. The van der Waals surface area contributed by atoms with E-state index < -0.39 is 5.97 Å². The van der Waals surface area contributed by atoms with Crippen molar-refractivity contribution in [3.63, 3.8) is 0 Å². The van der Waals surface area contributed by atoms with Crippen LogP contribution in [0.15, 0.2) is 84.9 Å². The van der Waals surface area contributed by atoms with Gasteiger partial charge in [0.15, 0.2) is 0 Å². The van der Waals surface area contributed by atoms with E-state index in [1.54, 1.807) is 12.1 Å². The van der Waals surface area contributed by atoms with Crippen LogP contribution >= 0.6 is 0 Å². The highest BCUT2D eigenvalue weighted by molar-refractivity contribution is 6.02. The first-order valence-electron chi connectivity index (χ1n) is 10.4. The second kappa shape index (κ2) is 8.16. The molecule has 5 aromatic rings. The van der Waals surface area contributed by atoms with Gasteiger partial charge in [-0.3, -0.25) is 0 Å². The first-order valence-corrected chi connectivity index (χ1v) is 10.4. The van der Waals surface area contributed by atoms with Crippen LogP contribution < -0.4 is 10.5 Å². The third kappa shape index (κ3) is 4.02. The molecule has 0 aliphatic rings. The van der Waals surface area contributed by atoms with E-state index in [2.05, 4.69) is 9.97 Å². The summed E-state index contributed by atoms with van der Waals surface area (Å²) in [6, 6.07) is 26.7. The van der Waals surface area contributed by atoms with Crippen molar-refractivity contribution in [3.8, 4) is 34.0 Å². The molecule has 0 aliphatic carbocycles. The smallest absolute Gasteiger partial charge is 0.337 e. The number of nitrogen functional groups attached to an aromatic ring is 1. The van der Waals surface area contributed by atoms with Crippen molar-refractivity contribution >= 4 is 22.7 Å². The van der Waals surface area contributed by atoms with Gasteiger partial charge in [-0.2, -0.15) is 0 Å². The number of carboxylic acid groups (broad SMARTS) is 1. The van der Waals surface area contributed by atoms with Crippen LogP contribution in [0.3, 0.4) is 0 Å². The van der Waals surface area contributed by atoms with E-state index in [9.17, 15) is 9.90 Å². The van der Waals surface area contributed by atoms with Crippen LogP contribution in [0.1, 0.15) is 15.9 Å². The minimum Gasteiger partial charge on any atom is -0.478 e. The molecule has 0 unspecified atom stereocenters. The van der Waals surface area contributed by atoms with Crippen LogP contribution in [0.2, 0.25) is 0 Å². The normalized spacial score (nSPS) is 10.9. The fourth-order valence-electron chi connectivity index (χ4n) is 3.80. The maximum Gasteiger partial charge on any atom is 0.337 e. The zero-order chi connectivity index (χ0) is 22.9. The number of carbonyl (C=O) groups is 1. The number of anilines is 1. The molecule has 1 heterocycles. The highest BCUT2D eigenvalue weighted by Gasteiger charge is 2.15. The lowest BCUT2D eigenvalue weighted by atomic mass is 10.0. The van der Waals surface area contributed by atoms with Gasteiger partial charge in [-0.05, 0) is 60.0 Å². The number of ether oxygens (including phenoxy) is 1. The molecule has 0 atom stereocenters. The van der Waals surface area contributed by atoms with Gasteiger partial charge in [0.2, 0.25) is 0 Å². The van der Waals surface area contributed by atoms with Crippen molar-refractivity contribution in [2.75, 3.05) is 5.73 Å². The van der Waals surface area contributed by atoms with Crippen LogP contribution in [-0.4, -0.2) is 21.0 Å². The molecule has 4 N–H and O–H groups in total. The summed E-state index contributed by atoms with van der Waals surface area (Å²) < 4.78 is 5.86. The summed E-state index contributed by atoms with van der Waals surface area (Å²) in [7, 11) is 0. The fourth-order valence-corrected chi connectivity index (χ4v) is 3.80. The van der Waals surface area contributed by atoms with Gasteiger partial charge in [-0.1, -0.05) is 48.5 Å². The predicted octanol–water partition coefficient (Wildman–Crippen LogP) is 6.28. The Kier molecular flexibility index (Phi) is 5.03. The zero-order valence-electron chi connectivity index (χ0n) is 17.9. The number of aromatic nitrogens is 2. The van der Waals surface area contributed by atoms with E-state index in [-0.39, 0.29) is 5.56 Å². The fraction of sp³-hybridized carbons (Fsp3) is 0.0370. The van der Waals surface area contributed by atoms with Crippen LogP contribution in [0.25, 0.3) is 33.5 Å². The Morgan fingerprint density at radius 2 is 1.55 bits per heavy atom. The minimum atomic E-state index is -0.987. The van der Waals surface area contributed by atoms with Gasteiger partial charge in [0.1, 0.15) is 22.8 Å². The average Bonchev–Trinajstić information content (AvgIpc) is 3.24. The van der Waals surface area contributed by atoms with Gasteiger partial charge in [0.25, 0.3) is 0 Å². The van der Waals surface area contributed by atoms with Crippen LogP contribution in [0.5, 0.6) is 11.5 Å². The third-order valence-corrected chi connectivity index (χ3v) is 5.45. The van der Waals surface area contributed by atoms with Crippen molar-refractivity contribution in [1.82, 2.24) is 9.97 Å². The number of benzene rings is 4. The van der Waals surface area contributed by atoms with Crippen molar-refractivity contribution < 1.29 is 14.6 Å². The summed E-state index contributed by atoms with van der Waals surface area (Å²) >= 11 is 0. The average molecular weight is 435 g/mol. The van der Waals surface area contributed by atoms with Crippen molar-refractivity contribution in [1.29, 1.82) is 0 Å². The summed E-state index contributed by atoms with van der Waals surface area (Å²) in [5, 5.41) is 9.50. The number of nitrogens with two attached hydrogens (primary N) is 1. The molecule has 1 aromatic heterocycles. The first kappa shape index (κ1) is 20.3. The van der Waals surface area contributed by atoms with Gasteiger partial charge in [-0.25, -0.2) is 9.78 Å². The predicted molar refractivity (Wildman–Crippen MR) is 130 cm³/mol. The van der Waals surface area contributed by atoms with Gasteiger partial charge < -0.3 is 20.6 Å². The maximum absolute atomic E-state index is 11.6. The number of hydrogen-bond donors (Lipinski definition) is 3. The van der Waals surface area contributed by atoms with E-state index in [0.717, 1.165) is 22.3 Å². The molecular formula is C27H21N3O3. The number of nitrogens with zero attached hydrogens (tertiary/aromatic N) is 1. The third-order valence-electron chi connectivity index (χ3n) is 5.45. The lowest BCUT2D eigenvalue weighted by molar-refractivity contribution is 0.0698. The highest BCUT2D eigenvalue weighted by atomic mass is 16.5. The largest absolute Gasteiger partial charge is 0.478 e. The lowest BCUT2D eigenvalue weighted by Crippen LogP contribution is -1.98. The Hall–Kier alpha value is -4.58. The second-order valence-electron chi connectivity index (χ2n) is 7.84. The number of nitrogens with one attached hydrogen (secondary N) is 1. The van der Waals surface area contributed by atoms with Crippen molar-refractivity contribution in [3.05, 3.63) is 96.1 Å². The van der Waals surface area contributed by atoms with Crippen molar-refractivity contribution in [2.24, 2.45) is 0 Å². The zero-order valence-corrected chi connectivity index (χ0v) is 17.9. The molecule has 162 valence electrons. The highest BCUT2D eigenvalue weighted by Crippen LogP contribution is 2.30. The van der Waals surface area contributed by atoms with Gasteiger partial charge in [0.05, 0.1) is 16.8 Å². The molecule has 0 aliphatic heterocycles. The molecule has 4 aromatic carbocycles. The standard InChI is InChI=1S/C27H21N3O3/c1-16-14-21(27(31)32)25-23(15-16)29-26(30-25)19-8-6-17(7-9-19)18-10-12-20(13-11-18)33-24-5-3-2-4-22(24)28/h2-15H,28H2,1H3,(H,29,30)(H,31,32). The molecule has 0 fully saturated rings. The molecule has 0 bridgehead atoms. The second-order valence-corrected chi connectivity index (χ2v) is 7.84. The number of aromatic carboxylic acids is 1. The molecule has 5 rings (SSSR count).